The zero-order valence-corrected chi connectivity index (χ0v) is 9.47. The first-order valence-electron chi connectivity index (χ1n) is 5.12. The molecular formula is C12H10F3N3. The summed E-state index contributed by atoms with van der Waals surface area (Å²) in [6.07, 6.45) is 0. The summed E-state index contributed by atoms with van der Waals surface area (Å²) in [5.74, 6) is -3.04. The molecule has 1 aromatic heterocycles. The second kappa shape index (κ2) is 4.56. The van der Waals surface area contributed by atoms with Crippen LogP contribution in [-0.2, 0) is 0 Å². The lowest BCUT2D eigenvalue weighted by molar-refractivity contribution is 0.498. The van der Waals surface area contributed by atoms with Gasteiger partial charge in [-0.25, -0.2) is 18.2 Å². The van der Waals surface area contributed by atoms with Crippen LogP contribution in [0, 0.1) is 24.4 Å². The average molecular weight is 253 g/mol. The van der Waals surface area contributed by atoms with Crippen molar-refractivity contribution in [2.24, 2.45) is 0 Å². The molecule has 94 valence electrons. The molecule has 2 rings (SSSR count). The smallest absolute Gasteiger partial charge is 0.182 e. The number of nitrogens with one attached hydrogen (secondary N) is 1. The second-order valence-electron chi connectivity index (χ2n) is 3.75. The molecule has 0 aliphatic heterocycles. The second-order valence-corrected chi connectivity index (χ2v) is 3.75. The zero-order valence-electron chi connectivity index (χ0n) is 9.47. The highest BCUT2D eigenvalue weighted by Gasteiger charge is 2.11. The summed E-state index contributed by atoms with van der Waals surface area (Å²) in [5.41, 5.74) is 6.28. The van der Waals surface area contributed by atoms with E-state index in [0.29, 0.717) is 17.4 Å². The first-order valence-corrected chi connectivity index (χ1v) is 5.12. The number of aromatic nitrogens is 1. The van der Waals surface area contributed by atoms with Crippen molar-refractivity contribution < 1.29 is 13.2 Å². The molecule has 0 bridgehead atoms. The fourth-order valence-corrected chi connectivity index (χ4v) is 1.43. The van der Waals surface area contributed by atoms with Crippen molar-refractivity contribution in [3.05, 3.63) is 47.4 Å². The van der Waals surface area contributed by atoms with Crippen molar-refractivity contribution in [1.29, 1.82) is 0 Å². The van der Waals surface area contributed by atoms with Crippen molar-refractivity contribution in [2.75, 3.05) is 11.1 Å². The minimum atomic E-state index is -1.26. The number of rotatable bonds is 2. The van der Waals surface area contributed by atoms with E-state index in [0.717, 1.165) is 6.07 Å². The van der Waals surface area contributed by atoms with Gasteiger partial charge in [0.1, 0.15) is 11.6 Å². The molecule has 0 spiro atoms. The Morgan fingerprint density at radius 2 is 1.89 bits per heavy atom. The van der Waals surface area contributed by atoms with Gasteiger partial charge >= 0.3 is 0 Å². The van der Waals surface area contributed by atoms with Crippen LogP contribution < -0.4 is 11.1 Å². The lowest BCUT2D eigenvalue weighted by Gasteiger charge is -2.09. The molecule has 3 N–H and O–H groups in total. The van der Waals surface area contributed by atoms with Gasteiger partial charge in [0.2, 0.25) is 0 Å². The Morgan fingerprint density at radius 3 is 2.56 bits per heavy atom. The van der Waals surface area contributed by atoms with Crippen LogP contribution in [0.5, 0.6) is 0 Å². The number of pyridine rings is 1. The lowest BCUT2D eigenvalue weighted by Crippen LogP contribution is -2.01. The van der Waals surface area contributed by atoms with Crippen molar-refractivity contribution in [1.82, 2.24) is 4.98 Å². The quantitative estimate of drug-likeness (QED) is 0.808. The number of hydrogen-bond acceptors (Lipinski definition) is 3. The van der Waals surface area contributed by atoms with Crippen LogP contribution in [0.15, 0.2) is 24.3 Å². The number of nitrogen functional groups attached to an aromatic ring is 1. The molecule has 0 amide bonds. The molecule has 18 heavy (non-hydrogen) atoms. The third-order valence-electron chi connectivity index (χ3n) is 2.38. The molecule has 0 radical (unpaired) electrons. The largest absolute Gasteiger partial charge is 0.397 e. The molecule has 0 atom stereocenters. The highest BCUT2D eigenvalue weighted by atomic mass is 19.2. The van der Waals surface area contributed by atoms with E-state index in [9.17, 15) is 13.2 Å². The summed E-state index contributed by atoms with van der Waals surface area (Å²) in [7, 11) is 0. The Morgan fingerprint density at radius 1 is 1.17 bits per heavy atom. The van der Waals surface area contributed by atoms with E-state index in [1.165, 1.54) is 6.07 Å². The molecule has 0 aliphatic carbocycles. The molecular weight excluding hydrogens is 243 g/mol. The summed E-state index contributed by atoms with van der Waals surface area (Å²) in [4.78, 5) is 4.02. The van der Waals surface area contributed by atoms with Gasteiger partial charge in [0.25, 0.3) is 0 Å². The van der Waals surface area contributed by atoms with Crippen LogP contribution in [0.1, 0.15) is 5.69 Å². The van der Waals surface area contributed by atoms with Crippen LogP contribution in [0.3, 0.4) is 0 Å². The van der Waals surface area contributed by atoms with Gasteiger partial charge in [-0.2, -0.15) is 0 Å². The van der Waals surface area contributed by atoms with Gasteiger partial charge in [-0.1, -0.05) is 0 Å². The fraction of sp³-hybridized carbons (Fsp3) is 0.0833. The van der Waals surface area contributed by atoms with Gasteiger partial charge in [0.15, 0.2) is 11.6 Å². The van der Waals surface area contributed by atoms with Crippen LogP contribution in [0.2, 0.25) is 0 Å². The minimum absolute atomic E-state index is 0.255. The Labute approximate surface area is 101 Å². The maximum absolute atomic E-state index is 13.4. The molecule has 1 aromatic carbocycles. The predicted molar refractivity (Wildman–Crippen MR) is 63.0 cm³/mol. The minimum Gasteiger partial charge on any atom is -0.397 e. The van der Waals surface area contributed by atoms with Gasteiger partial charge in [-0.3, -0.25) is 0 Å². The van der Waals surface area contributed by atoms with Crippen molar-refractivity contribution in [3.63, 3.8) is 0 Å². The van der Waals surface area contributed by atoms with E-state index in [4.69, 9.17) is 5.73 Å². The molecule has 6 heteroatoms. The summed E-state index contributed by atoms with van der Waals surface area (Å²) >= 11 is 0. The number of benzene rings is 1. The third-order valence-corrected chi connectivity index (χ3v) is 2.38. The van der Waals surface area contributed by atoms with Gasteiger partial charge in [0, 0.05) is 12.1 Å². The zero-order chi connectivity index (χ0) is 13.3. The number of nitrogens with zero attached hydrogens (tertiary/aromatic N) is 1. The van der Waals surface area contributed by atoms with Gasteiger partial charge in [0.05, 0.1) is 17.1 Å². The highest BCUT2D eigenvalue weighted by Crippen LogP contribution is 2.23. The maximum atomic E-state index is 13.4. The molecule has 2 aromatic rings. The van der Waals surface area contributed by atoms with Gasteiger partial charge in [-0.15, -0.1) is 0 Å². The van der Waals surface area contributed by atoms with E-state index in [1.807, 2.05) is 0 Å². The summed E-state index contributed by atoms with van der Waals surface area (Å²) in [5, 5.41) is 2.50. The summed E-state index contributed by atoms with van der Waals surface area (Å²) in [6.45, 7) is 1.67. The summed E-state index contributed by atoms with van der Waals surface area (Å²) < 4.78 is 39.3. The van der Waals surface area contributed by atoms with Gasteiger partial charge < -0.3 is 11.1 Å². The van der Waals surface area contributed by atoms with Crippen LogP contribution >= 0.6 is 0 Å². The number of halogens is 3. The highest BCUT2D eigenvalue weighted by molar-refractivity contribution is 5.59. The van der Waals surface area contributed by atoms with Crippen LogP contribution in [0.25, 0.3) is 0 Å². The normalized spacial score (nSPS) is 10.4. The van der Waals surface area contributed by atoms with Crippen molar-refractivity contribution in [2.45, 2.75) is 6.92 Å². The van der Waals surface area contributed by atoms with E-state index >= 15 is 0 Å². The Hall–Kier alpha value is -2.24. The molecule has 0 unspecified atom stereocenters. The van der Waals surface area contributed by atoms with Crippen molar-refractivity contribution >= 4 is 17.2 Å². The average Bonchev–Trinajstić information content (AvgIpc) is 2.30. The first kappa shape index (κ1) is 12.2. The standard InChI is InChI=1S/C12H10F3N3/c1-6-9(16)2-3-11(17-6)18-10-5-7(13)4-8(14)12(10)15/h2-5H,16H2,1H3,(H,17,18). The summed E-state index contributed by atoms with van der Waals surface area (Å²) in [6, 6.07) is 4.39. The Kier molecular flexibility index (Phi) is 3.10. The molecule has 3 nitrogen and oxygen atoms in total. The number of anilines is 3. The molecule has 1 heterocycles. The topological polar surface area (TPSA) is 50.9 Å². The van der Waals surface area contributed by atoms with Crippen molar-refractivity contribution in [3.8, 4) is 0 Å². The fourth-order valence-electron chi connectivity index (χ4n) is 1.43. The molecule has 0 fully saturated rings. The molecule has 0 saturated heterocycles. The number of aryl methyl sites for hydroxylation is 1. The van der Waals surface area contributed by atoms with Crippen LogP contribution in [-0.4, -0.2) is 4.98 Å². The first-order chi connectivity index (χ1) is 8.47. The van der Waals surface area contributed by atoms with E-state index in [-0.39, 0.29) is 11.5 Å². The maximum Gasteiger partial charge on any atom is 0.182 e. The SMILES string of the molecule is Cc1nc(Nc2cc(F)cc(F)c2F)ccc1N. The molecule has 0 saturated carbocycles. The van der Waals surface area contributed by atoms with E-state index in [1.54, 1.807) is 13.0 Å². The lowest BCUT2D eigenvalue weighted by atomic mass is 10.2. The number of hydrogen-bond donors (Lipinski definition) is 2. The van der Waals surface area contributed by atoms with E-state index < -0.39 is 17.5 Å². The third kappa shape index (κ3) is 2.37. The molecule has 0 aliphatic rings. The predicted octanol–water partition coefficient (Wildman–Crippen LogP) is 3.13. The number of nitrogens with two attached hydrogens (primary N) is 1. The monoisotopic (exact) mass is 253 g/mol. The van der Waals surface area contributed by atoms with Crippen LogP contribution in [0.4, 0.5) is 30.4 Å². The Balaban J connectivity index is 2.36. The van der Waals surface area contributed by atoms with E-state index in [2.05, 4.69) is 10.3 Å². The van der Waals surface area contributed by atoms with Gasteiger partial charge in [-0.05, 0) is 19.1 Å². The Bertz CT molecular complexity index is 599.